The number of alkyl halides is 1. The minimum Gasteiger partial charge on any atom is -0.462 e. The van der Waals surface area contributed by atoms with Crippen LogP contribution in [-0.4, -0.2) is 45.5 Å². The highest BCUT2D eigenvalue weighted by molar-refractivity contribution is 6.42. The van der Waals surface area contributed by atoms with Crippen molar-refractivity contribution in [1.82, 2.24) is 5.32 Å². The van der Waals surface area contributed by atoms with Crippen LogP contribution in [0.2, 0.25) is 10.0 Å². The number of benzene rings is 1. The average molecular weight is 460 g/mol. The van der Waals surface area contributed by atoms with Crippen LogP contribution in [0, 0.1) is 0 Å². The Morgan fingerprint density at radius 3 is 2.40 bits per heavy atom. The second-order valence-electron chi connectivity index (χ2n) is 6.53. The lowest BCUT2D eigenvalue weighted by Gasteiger charge is -2.31. The summed E-state index contributed by atoms with van der Waals surface area (Å²) in [5.41, 5.74) is 0.801. The van der Waals surface area contributed by atoms with Gasteiger partial charge >= 0.3 is 11.9 Å². The third kappa shape index (κ3) is 5.33. The standard InChI is InChI=1S/C21H24Cl2FNO5/c1-4-8-29-21(27)18-15(11-24)25-12(2)16(20(26)30-10-9-28-3)17(18)13-6-5-7-14(22)19(13)23/h5-7,17,25H,4,8-11H2,1-3H3. The van der Waals surface area contributed by atoms with E-state index in [1.807, 2.05) is 6.92 Å². The van der Waals surface area contributed by atoms with E-state index in [-0.39, 0.29) is 46.7 Å². The monoisotopic (exact) mass is 459 g/mol. The van der Waals surface area contributed by atoms with Gasteiger partial charge in [-0.05, 0) is 25.0 Å². The van der Waals surface area contributed by atoms with Crippen LogP contribution in [0.15, 0.2) is 40.7 Å². The lowest BCUT2D eigenvalue weighted by molar-refractivity contribution is -0.141. The number of carbonyl (C=O) groups is 2. The van der Waals surface area contributed by atoms with E-state index in [4.69, 9.17) is 37.4 Å². The van der Waals surface area contributed by atoms with E-state index in [0.29, 0.717) is 17.7 Å². The van der Waals surface area contributed by atoms with E-state index >= 15 is 0 Å². The number of hydrogen-bond acceptors (Lipinski definition) is 6. The van der Waals surface area contributed by atoms with E-state index in [1.54, 1.807) is 25.1 Å². The quantitative estimate of drug-likeness (QED) is 0.437. The number of nitrogens with one attached hydrogen (secondary N) is 1. The molecule has 0 aromatic heterocycles. The molecule has 0 bridgehead atoms. The highest BCUT2D eigenvalue weighted by Crippen LogP contribution is 2.43. The molecule has 164 valence electrons. The third-order valence-electron chi connectivity index (χ3n) is 4.47. The highest BCUT2D eigenvalue weighted by Gasteiger charge is 2.40. The van der Waals surface area contributed by atoms with Gasteiger partial charge in [-0.1, -0.05) is 42.3 Å². The predicted octanol–water partition coefficient (Wildman–Crippen LogP) is 4.32. The summed E-state index contributed by atoms with van der Waals surface area (Å²) in [6.45, 7) is 2.83. The average Bonchev–Trinajstić information content (AvgIpc) is 2.73. The molecule has 30 heavy (non-hydrogen) atoms. The molecule has 0 fully saturated rings. The minimum absolute atomic E-state index is 0.00286. The molecular weight excluding hydrogens is 436 g/mol. The van der Waals surface area contributed by atoms with Gasteiger partial charge in [0.2, 0.25) is 0 Å². The molecule has 1 unspecified atom stereocenters. The van der Waals surface area contributed by atoms with Crippen molar-refractivity contribution in [2.75, 3.05) is 33.6 Å². The molecule has 6 nitrogen and oxygen atoms in total. The van der Waals surface area contributed by atoms with Crippen LogP contribution in [0.3, 0.4) is 0 Å². The second-order valence-corrected chi connectivity index (χ2v) is 7.32. The molecule has 1 heterocycles. The van der Waals surface area contributed by atoms with Crippen LogP contribution in [0.1, 0.15) is 31.7 Å². The predicted molar refractivity (Wildman–Crippen MR) is 112 cm³/mol. The lowest BCUT2D eigenvalue weighted by Crippen LogP contribution is -2.34. The Morgan fingerprint density at radius 1 is 1.10 bits per heavy atom. The first kappa shape index (κ1) is 24.2. The van der Waals surface area contributed by atoms with Crippen LogP contribution in [0.4, 0.5) is 4.39 Å². The van der Waals surface area contributed by atoms with Crippen LogP contribution in [0.5, 0.6) is 0 Å². The molecule has 0 saturated heterocycles. The fourth-order valence-electron chi connectivity index (χ4n) is 3.14. The van der Waals surface area contributed by atoms with Gasteiger partial charge in [0, 0.05) is 12.8 Å². The normalized spacial score (nSPS) is 16.4. The van der Waals surface area contributed by atoms with E-state index in [2.05, 4.69) is 5.32 Å². The van der Waals surface area contributed by atoms with Crippen molar-refractivity contribution in [3.05, 3.63) is 56.3 Å². The first-order chi connectivity index (χ1) is 14.4. The maximum atomic E-state index is 13.9. The Labute approximate surface area is 185 Å². The molecular formula is C21H24Cl2FNO5. The molecule has 0 spiro atoms. The highest BCUT2D eigenvalue weighted by atomic mass is 35.5. The molecule has 0 saturated carbocycles. The first-order valence-corrected chi connectivity index (χ1v) is 10.2. The van der Waals surface area contributed by atoms with Gasteiger partial charge in [-0.15, -0.1) is 0 Å². The molecule has 1 aromatic carbocycles. The molecule has 9 heteroatoms. The van der Waals surface area contributed by atoms with E-state index < -0.39 is 24.5 Å². The van der Waals surface area contributed by atoms with E-state index in [0.717, 1.165) is 0 Å². The van der Waals surface area contributed by atoms with Gasteiger partial charge in [0.15, 0.2) is 0 Å². The SMILES string of the molecule is CCCOC(=O)C1=C(CF)NC(C)=C(C(=O)OCCOC)C1c1cccc(Cl)c1Cl. The zero-order valence-corrected chi connectivity index (χ0v) is 18.5. The van der Waals surface area contributed by atoms with Gasteiger partial charge in [0.1, 0.15) is 13.3 Å². The Balaban J connectivity index is 2.64. The number of halogens is 3. The smallest absolute Gasteiger partial charge is 0.336 e. The Hall–Kier alpha value is -2.09. The molecule has 0 aliphatic carbocycles. The van der Waals surface area contributed by atoms with E-state index in [9.17, 15) is 14.0 Å². The molecule has 1 aliphatic rings. The summed E-state index contributed by atoms with van der Waals surface area (Å²) < 4.78 is 29.4. The minimum atomic E-state index is -1.01. The van der Waals surface area contributed by atoms with Crippen molar-refractivity contribution in [3.63, 3.8) is 0 Å². The van der Waals surface area contributed by atoms with Crippen molar-refractivity contribution in [2.24, 2.45) is 0 Å². The summed E-state index contributed by atoms with van der Waals surface area (Å²) in [6, 6.07) is 4.85. The molecule has 0 amide bonds. The number of ether oxygens (including phenoxy) is 3. The zero-order chi connectivity index (χ0) is 22.3. The van der Waals surface area contributed by atoms with Gasteiger partial charge in [-0.2, -0.15) is 0 Å². The molecule has 0 radical (unpaired) electrons. The maximum Gasteiger partial charge on any atom is 0.336 e. The Kier molecular flexibility index (Phi) is 9.14. The van der Waals surface area contributed by atoms with Crippen LogP contribution in [-0.2, 0) is 23.8 Å². The van der Waals surface area contributed by atoms with E-state index in [1.165, 1.54) is 7.11 Å². The fraction of sp³-hybridized carbons (Fsp3) is 0.429. The van der Waals surface area contributed by atoms with Gasteiger partial charge in [-0.25, -0.2) is 14.0 Å². The van der Waals surface area contributed by atoms with Gasteiger partial charge in [-0.3, -0.25) is 0 Å². The van der Waals surface area contributed by atoms with Crippen molar-refractivity contribution >= 4 is 35.1 Å². The number of methoxy groups -OCH3 is 1. The number of carbonyl (C=O) groups excluding carboxylic acids is 2. The summed E-state index contributed by atoms with van der Waals surface area (Å²) in [5.74, 6) is -2.44. The second kappa shape index (κ2) is 11.3. The summed E-state index contributed by atoms with van der Waals surface area (Å²) >= 11 is 12.6. The Bertz CT molecular complexity index is 869. The summed E-state index contributed by atoms with van der Waals surface area (Å²) in [7, 11) is 1.48. The topological polar surface area (TPSA) is 73.9 Å². The van der Waals surface area contributed by atoms with Crippen LogP contribution in [0.25, 0.3) is 0 Å². The summed E-state index contributed by atoms with van der Waals surface area (Å²) in [4.78, 5) is 25.8. The third-order valence-corrected chi connectivity index (χ3v) is 5.30. The fourth-order valence-corrected chi connectivity index (χ4v) is 3.55. The number of rotatable bonds is 9. The molecule has 2 rings (SSSR count). The summed E-state index contributed by atoms with van der Waals surface area (Å²) in [5, 5.41) is 3.19. The number of hydrogen-bond donors (Lipinski definition) is 1. The maximum absolute atomic E-state index is 13.9. The molecule has 1 aliphatic heterocycles. The van der Waals surface area contributed by atoms with Crippen LogP contribution >= 0.6 is 23.2 Å². The summed E-state index contributed by atoms with van der Waals surface area (Å²) in [6.07, 6.45) is 0.584. The van der Waals surface area contributed by atoms with Gasteiger partial charge in [0.25, 0.3) is 0 Å². The molecule has 1 aromatic rings. The van der Waals surface area contributed by atoms with Crippen molar-refractivity contribution in [3.8, 4) is 0 Å². The van der Waals surface area contributed by atoms with Crippen molar-refractivity contribution in [1.29, 1.82) is 0 Å². The van der Waals surface area contributed by atoms with Crippen LogP contribution < -0.4 is 5.32 Å². The van der Waals surface area contributed by atoms with Gasteiger partial charge < -0.3 is 19.5 Å². The van der Waals surface area contributed by atoms with Crippen molar-refractivity contribution in [2.45, 2.75) is 26.2 Å². The van der Waals surface area contributed by atoms with Crippen molar-refractivity contribution < 1.29 is 28.2 Å². The lowest BCUT2D eigenvalue weighted by atomic mass is 9.80. The molecule has 1 atom stereocenters. The Morgan fingerprint density at radius 2 is 1.77 bits per heavy atom. The largest absolute Gasteiger partial charge is 0.462 e. The number of dihydropyridines is 1. The zero-order valence-electron chi connectivity index (χ0n) is 17.0. The first-order valence-electron chi connectivity index (χ1n) is 9.41. The number of allylic oxidation sites excluding steroid dienone is 2. The number of esters is 2. The molecule has 1 N–H and O–H groups in total. The van der Waals surface area contributed by atoms with Gasteiger partial charge in [0.05, 0.1) is 46.0 Å².